The lowest BCUT2D eigenvalue weighted by Gasteiger charge is -2.21. The van der Waals surface area contributed by atoms with Gasteiger partial charge < -0.3 is 19.7 Å². The van der Waals surface area contributed by atoms with Crippen LogP contribution in [0.3, 0.4) is 0 Å². The number of hydrogen-bond donors (Lipinski definition) is 1. The van der Waals surface area contributed by atoms with E-state index in [-0.39, 0.29) is 5.75 Å². The zero-order valence-electron chi connectivity index (χ0n) is 13.6. The van der Waals surface area contributed by atoms with Gasteiger partial charge in [-0.05, 0) is 24.7 Å². The van der Waals surface area contributed by atoms with Gasteiger partial charge in [-0.15, -0.1) is 0 Å². The zero-order valence-corrected chi connectivity index (χ0v) is 13.6. The van der Waals surface area contributed by atoms with Crippen molar-refractivity contribution < 1.29 is 5.11 Å². The summed E-state index contributed by atoms with van der Waals surface area (Å²) in [6, 6.07) is 7.11. The molecule has 116 valence electrons. The number of benzene rings is 1. The van der Waals surface area contributed by atoms with Crippen LogP contribution in [0.25, 0.3) is 0 Å². The maximum Gasteiger partial charge on any atom is 0.231 e. The molecule has 0 aliphatic carbocycles. The van der Waals surface area contributed by atoms with Crippen LogP contribution in [0.4, 0.5) is 17.8 Å². The molecule has 0 aliphatic heterocycles. The summed E-state index contributed by atoms with van der Waals surface area (Å²) in [5, 5.41) is 9.35. The van der Waals surface area contributed by atoms with Crippen LogP contribution in [0.15, 0.2) is 24.3 Å². The Balaban J connectivity index is 2.27. The second-order valence-electron chi connectivity index (χ2n) is 5.55. The Labute approximate surface area is 131 Å². The molecule has 1 N–H and O–H groups in total. The average Bonchev–Trinajstić information content (AvgIpc) is 2.49. The monoisotopic (exact) mass is 300 g/mol. The van der Waals surface area contributed by atoms with E-state index in [0.717, 1.165) is 5.56 Å². The van der Waals surface area contributed by atoms with Crippen LogP contribution in [-0.4, -0.2) is 56.2 Å². The van der Waals surface area contributed by atoms with E-state index in [1.807, 2.05) is 62.9 Å². The van der Waals surface area contributed by atoms with Gasteiger partial charge in [-0.3, -0.25) is 0 Å². The predicted molar refractivity (Wildman–Crippen MR) is 91.3 cm³/mol. The lowest BCUT2D eigenvalue weighted by atomic mass is 10.2. The van der Waals surface area contributed by atoms with Crippen LogP contribution in [0.5, 0.6) is 5.75 Å². The van der Waals surface area contributed by atoms with Gasteiger partial charge in [0.2, 0.25) is 25.8 Å². The molecule has 1 aromatic heterocycles. The van der Waals surface area contributed by atoms with Gasteiger partial charge in [0.15, 0.2) is 0 Å². The summed E-state index contributed by atoms with van der Waals surface area (Å²) in [4.78, 5) is 19.0. The van der Waals surface area contributed by atoms with E-state index in [1.54, 1.807) is 12.1 Å². The summed E-state index contributed by atoms with van der Waals surface area (Å²) >= 11 is 0. The van der Waals surface area contributed by atoms with Crippen molar-refractivity contribution in [1.29, 1.82) is 0 Å². The van der Waals surface area contributed by atoms with E-state index in [1.165, 1.54) is 0 Å². The molecular weight excluding hydrogens is 279 g/mol. The van der Waals surface area contributed by atoms with E-state index >= 15 is 0 Å². The summed E-state index contributed by atoms with van der Waals surface area (Å²) in [6.45, 7) is 0.643. The lowest BCUT2D eigenvalue weighted by Crippen LogP contribution is -2.25. The fourth-order valence-corrected chi connectivity index (χ4v) is 1.86. The molecule has 0 saturated heterocycles. The Morgan fingerprint density at radius 1 is 0.909 bits per heavy atom. The van der Waals surface area contributed by atoms with Crippen molar-refractivity contribution in [2.45, 2.75) is 6.54 Å². The van der Waals surface area contributed by atoms with Crippen molar-refractivity contribution in [3.63, 3.8) is 0 Å². The Morgan fingerprint density at radius 2 is 1.45 bits per heavy atom. The third-order valence-electron chi connectivity index (χ3n) is 3.10. The van der Waals surface area contributed by atoms with Crippen LogP contribution in [-0.2, 0) is 6.54 Å². The molecule has 1 heterocycles. The molecule has 0 fully saturated rings. The van der Waals surface area contributed by atoms with Gasteiger partial charge in [-0.1, -0.05) is 12.1 Å². The molecule has 0 spiro atoms. The fraction of sp³-hybridized carbons (Fsp3) is 0.357. The number of rotatable bonds is 5. The molecule has 0 atom stereocenters. The maximum atomic E-state index is 9.35. The summed E-state index contributed by atoms with van der Waals surface area (Å²) in [6.07, 6.45) is 0. The van der Waals surface area contributed by atoms with E-state index in [9.17, 15) is 5.11 Å². The van der Waals surface area contributed by atoms with Gasteiger partial charge in [0.05, 0.1) is 0 Å². The fourth-order valence-electron chi connectivity index (χ4n) is 1.86. The van der Waals surface area contributed by atoms with Crippen LogP contribution in [0.2, 0.25) is 0 Å². The van der Waals surface area contributed by atoms with E-state index in [2.05, 4.69) is 15.0 Å². The lowest BCUT2D eigenvalue weighted by molar-refractivity contribution is 0.475. The highest BCUT2D eigenvalue weighted by Gasteiger charge is 2.13. The highest BCUT2D eigenvalue weighted by atomic mass is 16.3. The van der Waals surface area contributed by atoms with Crippen LogP contribution in [0.1, 0.15) is 5.56 Å². The number of anilines is 3. The summed E-state index contributed by atoms with van der Waals surface area (Å²) in [7, 11) is 9.54. The van der Waals surface area contributed by atoms with Crippen LogP contribution < -0.4 is 14.6 Å². The van der Waals surface area contributed by atoms with Crippen LogP contribution in [0, 0.1) is 0 Å². The first-order chi connectivity index (χ1) is 10.4. The molecule has 22 heavy (non-hydrogen) atoms. The van der Waals surface area contributed by atoms with E-state index < -0.39 is 0 Å². The topological polar surface area (TPSA) is 68.6 Å². The predicted octanol–water partition coefficient (Wildman–Crippen LogP) is 0.264. The van der Waals surface area contributed by atoms with Crippen molar-refractivity contribution in [1.82, 2.24) is 15.0 Å². The maximum absolute atomic E-state index is 9.35. The number of phenols is 1. The highest BCUT2D eigenvalue weighted by Crippen LogP contribution is 2.18. The molecule has 2 rings (SSSR count). The molecule has 0 aliphatic rings. The third kappa shape index (κ3) is 3.78. The van der Waals surface area contributed by atoms with Crippen molar-refractivity contribution in [3.05, 3.63) is 29.8 Å². The van der Waals surface area contributed by atoms with Gasteiger partial charge in [0.1, 0.15) is 5.75 Å². The van der Waals surface area contributed by atoms with Gasteiger partial charge in [0.25, 0.3) is 0 Å². The molecule has 0 bridgehead atoms. The first kappa shape index (κ1) is 15.9. The summed E-state index contributed by atoms with van der Waals surface area (Å²) < 4.78 is 0. The SMILES string of the molecule is BN(C)c1nc(N(C)C)nc(N(C)Cc2ccc(O)cc2)n1. The standard InChI is InChI=1S/C14H21BN6O/c1-19(2)12-16-13(18-14(17-12)21(4)15)20(3)9-10-5-7-11(22)8-6-10/h5-8,22H,9,15H2,1-4H3. The van der Waals surface area contributed by atoms with Gasteiger partial charge >= 0.3 is 0 Å². The third-order valence-corrected chi connectivity index (χ3v) is 3.10. The molecule has 0 radical (unpaired) electrons. The molecule has 0 unspecified atom stereocenters. The summed E-state index contributed by atoms with van der Waals surface area (Å²) in [5.41, 5.74) is 1.07. The number of aromatic nitrogens is 3. The number of nitrogens with zero attached hydrogens (tertiary/aromatic N) is 6. The second kappa shape index (κ2) is 6.51. The van der Waals surface area contributed by atoms with Crippen molar-refractivity contribution in [3.8, 4) is 5.75 Å². The van der Waals surface area contributed by atoms with Gasteiger partial charge in [0, 0.05) is 27.7 Å². The molecule has 0 amide bonds. The van der Waals surface area contributed by atoms with Crippen molar-refractivity contribution in [2.75, 3.05) is 42.8 Å². The largest absolute Gasteiger partial charge is 0.508 e. The first-order valence-electron chi connectivity index (χ1n) is 6.96. The molecule has 2 aromatic rings. The zero-order chi connectivity index (χ0) is 16.3. The molecule has 1 aromatic carbocycles. The smallest absolute Gasteiger partial charge is 0.231 e. The van der Waals surface area contributed by atoms with E-state index in [0.29, 0.717) is 24.4 Å². The quantitative estimate of drug-likeness (QED) is 0.795. The van der Waals surface area contributed by atoms with Gasteiger partial charge in [-0.25, -0.2) is 0 Å². The minimum atomic E-state index is 0.261. The van der Waals surface area contributed by atoms with Crippen LogP contribution >= 0.6 is 0 Å². The Kier molecular flexibility index (Phi) is 4.70. The second-order valence-corrected chi connectivity index (χ2v) is 5.55. The average molecular weight is 300 g/mol. The molecule has 8 heteroatoms. The minimum Gasteiger partial charge on any atom is -0.508 e. The normalized spacial score (nSPS) is 10.4. The minimum absolute atomic E-state index is 0.261. The molecular formula is C14H21BN6O. The van der Waals surface area contributed by atoms with Crippen molar-refractivity contribution >= 4 is 25.8 Å². The highest BCUT2D eigenvalue weighted by molar-refractivity contribution is 6.16. The Hall–Kier alpha value is -2.51. The molecule has 0 saturated carbocycles. The Bertz CT molecular complexity index is 605. The molecule has 7 nitrogen and oxygen atoms in total. The summed E-state index contributed by atoms with van der Waals surface area (Å²) in [5.74, 6) is 2.10. The van der Waals surface area contributed by atoms with Crippen molar-refractivity contribution in [2.24, 2.45) is 0 Å². The number of hydrogen-bond acceptors (Lipinski definition) is 7. The number of phenolic OH excluding ortho intramolecular Hbond substituents is 1. The van der Waals surface area contributed by atoms with E-state index in [4.69, 9.17) is 0 Å². The number of aromatic hydroxyl groups is 1. The Morgan fingerprint density at radius 3 is 2.00 bits per heavy atom. The first-order valence-corrected chi connectivity index (χ1v) is 6.96. The van der Waals surface area contributed by atoms with Gasteiger partial charge in [-0.2, -0.15) is 15.0 Å².